The number of piperidine rings is 1. The number of likely N-dealkylation sites (N-methyl/N-ethyl adjacent to an activating group) is 2. The second kappa shape index (κ2) is 11.8. The van der Waals surface area contributed by atoms with E-state index < -0.39 is 0 Å². The summed E-state index contributed by atoms with van der Waals surface area (Å²) in [4.78, 5) is 22.2. The predicted octanol–water partition coefficient (Wildman–Crippen LogP) is 1.58. The minimum Gasteiger partial charge on any atom is -0.355 e. The second-order valence-electron chi connectivity index (χ2n) is 9.37. The van der Waals surface area contributed by atoms with Crippen molar-refractivity contribution < 1.29 is 4.79 Å². The van der Waals surface area contributed by atoms with Gasteiger partial charge in [0.15, 0.2) is 0 Å². The highest BCUT2D eigenvalue weighted by Gasteiger charge is 2.34. The van der Waals surface area contributed by atoms with E-state index in [1.807, 2.05) is 14.1 Å². The number of benzene rings is 1. The molecule has 0 saturated carbocycles. The Bertz CT molecular complexity index is 630. The molecule has 0 radical (unpaired) electrons. The van der Waals surface area contributed by atoms with E-state index in [9.17, 15) is 4.79 Å². The van der Waals surface area contributed by atoms with Crippen LogP contribution in [-0.4, -0.2) is 105 Å². The first-order chi connectivity index (χ1) is 14.5. The van der Waals surface area contributed by atoms with Crippen molar-refractivity contribution >= 4 is 5.91 Å². The average molecular weight is 416 g/mol. The highest BCUT2D eigenvalue weighted by Crippen LogP contribution is 2.28. The summed E-state index contributed by atoms with van der Waals surface area (Å²) in [6.45, 7) is 9.51. The molecule has 2 atom stereocenters. The monoisotopic (exact) mass is 415 g/mol. The van der Waals surface area contributed by atoms with Gasteiger partial charge in [0.25, 0.3) is 0 Å². The molecule has 2 aliphatic rings. The van der Waals surface area contributed by atoms with Crippen LogP contribution in [0.25, 0.3) is 0 Å². The SMILES string of the molecule is CN(C)CCNC(=O)CC[C@@H]1CN(Cc2ccccc2)CC[C@@H]1N1CCN(C)CC1. The Morgan fingerprint density at radius 3 is 2.53 bits per heavy atom. The number of rotatable bonds is 9. The minimum atomic E-state index is 0.203. The molecular formula is C24H41N5O. The lowest BCUT2D eigenvalue weighted by Crippen LogP contribution is -2.56. The first-order valence-electron chi connectivity index (χ1n) is 11.6. The first-order valence-corrected chi connectivity index (χ1v) is 11.6. The normalized spacial score (nSPS) is 24.3. The molecular weight excluding hydrogens is 374 g/mol. The average Bonchev–Trinajstić information content (AvgIpc) is 2.74. The number of nitrogens with one attached hydrogen (secondary N) is 1. The lowest BCUT2D eigenvalue weighted by molar-refractivity contribution is -0.121. The van der Waals surface area contributed by atoms with Crippen molar-refractivity contribution in [2.75, 3.05) is 73.5 Å². The fourth-order valence-electron chi connectivity index (χ4n) is 4.82. The van der Waals surface area contributed by atoms with Gasteiger partial charge in [-0.2, -0.15) is 0 Å². The number of carbonyl (C=O) groups excluding carboxylic acids is 1. The maximum absolute atomic E-state index is 12.4. The molecule has 2 saturated heterocycles. The van der Waals surface area contributed by atoms with Gasteiger partial charge in [-0.05, 0) is 52.0 Å². The Labute approximate surface area is 183 Å². The second-order valence-corrected chi connectivity index (χ2v) is 9.37. The smallest absolute Gasteiger partial charge is 0.220 e. The molecule has 1 N–H and O–H groups in total. The lowest BCUT2D eigenvalue weighted by Gasteiger charge is -2.46. The maximum atomic E-state index is 12.4. The summed E-state index contributed by atoms with van der Waals surface area (Å²) in [5.41, 5.74) is 1.38. The fourth-order valence-corrected chi connectivity index (χ4v) is 4.82. The van der Waals surface area contributed by atoms with E-state index in [2.05, 4.69) is 62.3 Å². The Kier molecular flexibility index (Phi) is 9.12. The van der Waals surface area contributed by atoms with Crippen molar-refractivity contribution in [3.63, 3.8) is 0 Å². The molecule has 168 valence electrons. The van der Waals surface area contributed by atoms with Crippen LogP contribution in [0.15, 0.2) is 30.3 Å². The molecule has 1 amide bonds. The van der Waals surface area contributed by atoms with Gasteiger partial charge < -0.3 is 15.1 Å². The largest absolute Gasteiger partial charge is 0.355 e. The molecule has 0 spiro atoms. The van der Waals surface area contributed by atoms with Crippen molar-refractivity contribution in [2.24, 2.45) is 5.92 Å². The van der Waals surface area contributed by atoms with E-state index in [0.29, 0.717) is 18.4 Å². The number of likely N-dealkylation sites (tertiary alicyclic amines) is 1. The van der Waals surface area contributed by atoms with Crippen LogP contribution >= 0.6 is 0 Å². The molecule has 0 unspecified atom stereocenters. The molecule has 6 heteroatoms. The number of piperazine rings is 1. The van der Waals surface area contributed by atoms with Gasteiger partial charge in [-0.1, -0.05) is 30.3 Å². The highest BCUT2D eigenvalue weighted by molar-refractivity contribution is 5.75. The zero-order valence-electron chi connectivity index (χ0n) is 19.2. The standard InChI is InChI=1S/C24H41N5O/c1-26(2)14-12-25-24(30)10-9-22-20-28(19-21-7-5-4-6-8-21)13-11-23(22)29-17-15-27(3)16-18-29/h4-8,22-23H,9-20H2,1-3H3,(H,25,30)/t22-,23+/m1/s1. The van der Waals surface area contributed by atoms with E-state index >= 15 is 0 Å². The number of carbonyl (C=O) groups is 1. The topological polar surface area (TPSA) is 42.1 Å². The first kappa shape index (κ1) is 23.2. The summed E-state index contributed by atoms with van der Waals surface area (Å²) in [5, 5.41) is 3.09. The summed E-state index contributed by atoms with van der Waals surface area (Å²) in [6, 6.07) is 11.4. The number of amides is 1. The van der Waals surface area contributed by atoms with Crippen LogP contribution in [0.3, 0.4) is 0 Å². The van der Waals surface area contributed by atoms with Gasteiger partial charge in [0.05, 0.1) is 0 Å². The van der Waals surface area contributed by atoms with Gasteiger partial charge in [-0.3, -0.25) is 14.6 Å². The van der Waals surface area contributed by atoms with E-state index in [1.54, 1.807) is 0 Å². The summed E-state index contributed by atoms with van der Waals surface area (Å²) in [5.74, 6) is 0.764. The van der Waals surface area contributed by atoms with Gasteiger partial charge >= 0.3 is 0 Å². The van der Waals surface area contributed by atoms with E-state index in [0.717, 1.165) is 65.3 Å². The summed E-state index contributed by atoms with van der Waals surface area (Å²) >= 11 is 0. The van der Waals surface area contributed by atoms with Crippen molar-refractivity contribution in [1.82, 2.24) is 24.9 Å². The van der Waals surface area contributed by atoms with Crippen LogP contribution in [0.5, 0.6) is 0 Å². The number of hydrogen-bond acceptors (Lipinski definition) is 5. The van der Waals surface area contributed by atoms with Crippen LogP contribution in [0.4, 0.5) is 0 Å². The number of nitrogens with zero attached hydrogens (tertiary/aromatic N) is 4. The summed E-state index contributed by atoms with van der Waals surface area (Å²) in [7, 11) is 6.29. The minimum absolute atomic E-state index is 0.203. The molecule has 2 heterocycles. The number of hydrogen-bond donors (Lipinski definition) is 1. The molecule has 1 aromatic carbocycles. The van der Waals surface area contributed by atoms with Crippen molar-refractivity contribution in [3.05, 3.63) is 35.9 Å². The molecule has 30 heavy (non-hydrogen) atoms. The molecule has 0 aromatic heterocycles. The molecule has 2 fully saturated rings. The highest BCUT2D eigenvalue weighted by atomic mass is 16.1. The van der Waals surface area contributed by atoms with E-state index in [1.165, 1.54) is 12.0 Å². The van der Waals surface area contributed by atoms with Crippen LogP contribution in [0.1, 0.15) is 24.8 Å². The van der Waals surface area contributed by atoms with Gasteiger partial charge in [-0.25, -0.2) is 0 Å². The zero-order valence-corrected chi connectivity index (χ0v) is 19.2. The Balaban J connectivity index is 1.56. The van der Waals surface area contributed by atoms with E-state index in [4.69, 9.17) is 0 Å². The van der Waals surface area contributed by atoms with E-state index in [-0.39, 0.29) is 5.91 Å². The van der Waals surface area contributed by atoms with Crippen molar-refractivity contribution in [1.29, 1.82) is 0 Å². The molecule has 0 aliphatic carbocycles. The zero-order chi connectivity index (χ0) is 21.3. The third kappa shape index (κ3) is 7.34. The van der Waals surface area contributed by atoms with Gasteiger partial charge in [0.2, 0.25) is 5.91 Å². The third-order valence-corrected chi connectivity index (χ3v) is 6.66. The summed E-state index contributed by atoms with van der Waals surface area (Å²) in [6.07, 6.45) is 2.83. The van der Waals surface area contributed by atoms with Crippen LogP contribution < -0.4 is 5.32 Å². The quantitative estimate of drug-likeness (QED) is 0.663. The van der Waals surface area contributed by atoms with Gasteiger partial charge in [0, 0.05) is 64.8 Å². The molecule has 3 rings (SSSR count). The molecule has 1 aromatic rings. The summed E-state index contributed by atoms with van der Waals surface area (Å²) < 4.78 is 0. The van der Waals surface area contributed by atoms with Crippen molar-refractivity contribution in [2.45, 2.75) is 31.8 Å². The van der Waals surface area contributed by atoms with Gasteiger partial charge in [0.1, 0.15) is 0 Å². The molecule has 6 nitrogen and oxygen atoms in total. The van der Waals surface area contributed by atoms with Crippen molar-refractivity contribution in [3.8, 4) is 0 Å². The lowest BCUT2D eigenvalue weighted by atomic mass is 9.86. The van der Waals surface area contributed by atoms with Crippen LogP contribution in [-0.2, 0) is 11.3 Å². The molecule has 0 bridgehead atoms. The maximum Gasteiger partial charge on any atom is 0.220 e. The fraction of sp³-hybridized carbons (Fsp3) is 0.708. The third-order valence-electron chi connectivity index (χ3n) is 6.66. The molecule has 2 aliphatic heterocycles. The Morgan fingerprint density at radius 2 is 1.83 bits per heavy atom. The Morgan fingerprint density at radius 1 is 1.10 bits per heavy atom. The van der Waals surface area contributed by atoms with Crippen LogP contribution in [0, 0.1) is 5.92 Å². The Hall–Kier alpha value is -1.47. The van der Waals surface area contributed by atoms with Crippen LogP contribution in [0.2, 0.25) is 0 Å². The predicted molar refractivity (Wildman–Crippen MR) is 123 cm³/mol. The van der Waals surface area contributed by atoms with Gasteiger partial charge in [-0.15, -0.1) is 0 Å².